The van der Waals surface area contributed by atoms with Crippen LogP contribution in [0.1, 0.15) is 46.0 Å². The van der Waals surface area contributed by atoms with Crippen LogP contribution in [-0.2, 0) is 4.79 Å². The number of hydrogen-bond acceptors (Lipinski definition) is 3. The molecule has 0 aromatic heterocycles. The molecule has 1 amide bonds. The van der Waals surface area contributed by atoms with Crippen molar-refractivity contribution in [2.75, 3.05) is 5.32 Å². The number of thioether (sulfide) groups is 1. The van der Waals surface area contributed by atoms with Gasteiger partial charge >= 0.3 is 0 Å². The van der Waals surface area contributed by atoms with Crippen LogP contribution in [0.2, 0.25) is 0 Å². The molecule has 0 heterocycles. The number of hydrogen-bond donors (Lipinski definition) is 2. The highest BCUT2D eigenvalue weighted by atomic mass is 32.2. The molecule has 1 fully saturated rings. The van der Waals surface area contributed by atoms with Crippen molar-refractivity contribution in [1.29, 1.82) is 0 Å². The fourth-order valence-electron chi connectivity index (χ4n) is 2.59. The highest BCUT2D eigenvalue weighted by molar-refractivity contribution is 8.00. The minimum absolute atomic E-state index is 0.0798. The van der Waals surface area contributed by atoms with Crippen molar-refractivity contribution in [2.24, 2.45) is 11.7 Å². The van der Waals surface area contributed by atoms with E-state index in [1.54, 1.807) is 0 Å². The number of carbonyl (C=O) groups is 1. The Bertz CT molecular complexity index is 472. The molecule has 1 aliphatic carbocycles. The average molecular weight is 306 g/mol. The molecule has 1 aliphatic rings. The number of anilines is 1. The van der Waals surface area contributed by atoms with Crippen molar-refractivity contribution in [3.05, 3.63) is 24.3 Å². The normalized spacial score (nSPS) is 18.4. The summed E-state index contributed by atoms with van der Waals surface area (Å²) in [4.78, 5) is 13.4. The van der Waals surface area contributed by atoms with E-state index < -0.39 is 6.04 Å². The molecule has 1 aromatic carbocycles. The highest BCUT2D eigenvalue weighted by Gasteiger charge is 2.22. The van der Waals surface area contributed by atoms with Gasteiger partial charge in [-0.05, 0) is 30.9 Å². The Labute approximate surface area is 132 Å². The molecule has 1 aromatic rings. The Hall–Kier alpha value is -1.00. The maximum absolute atomic E-state index is 12.3. The van der Waals surface area contributed by atoms with Gasteiger partial charge in [-0.2, -0.15) is 0 Å². The highest BCUT2D eigenvalue weighted by Crippen LogP contribution is 2.38. The summed E-state index contributed by atoms with van der Waals surface area (Å²) in [5.41, 5.74) is 6.91. The van der Waals surface area contributed by atoms with Gasteiger partial charge in [-0.15, -0.1) is 11.8 Å². The van der Waals surface area contributed by atoms with E-state index in [9.17, 15) is 4.79 Å². The number of para-hydroxylation sites is 1. The van der Waals surface area contributed by atoms with E-state index in [-0.39, 0.29) is 11.8 Å². The number of amides is 1. The van der Waals surface area contributed by atoms with Crippen molar-refractivity contribution >= 4 is 23.4 Å². The molecule has 21 heavy (non-hydrogen) atoms. The standard InChI is InChI=1S/C17H26N2OS/c1-3-12(2)16(18)17(20)19-14-10-6-7-11-15(14)21-13-8-4-5-9-13/h6-7,10-13,16H,3-5,8-9,18H2,1-2H3,(H,19,20)/t12?,16-/m0/s1. The molecule has 116 valence electrons. The molecule has 0 saturated heterocycles. The minimum atomic E-state index is -0.445. The van der Waals surface area contributed by atoms with Crippen LogP contribution in [0.3, 0.4) is 0 Å². The van der Waals surface area contributed by atoms with Gasteiger partial charge in [-0.3, -0.25) is 4.79 Å². The minimum Gasteiger partial charge on any atom is -0.324 e. The molecule has 2 rings (SSSR count). The molecule has 0 aliphatic heterocycles. The third kappa shape index (κ3) is 4.48. The zero-order chi connectivity index (χ0) is 15.2. The summed E-state index contributed by atoms with van der Waals surface area (Å²) >= 11 is 1.89. The summed E-state index contributed by atoms with van der Waals surface area (Å²) in [6, 6.07) is 7.61. The lowest BCUT2D eigenvalue weighted by Crippen LogP contribution is -2.40. The van der Waals surface area contributed by atoms with Crippen LogP contribution in [0, 0.1) is 5.92 Å². The van der Waals surface area contributed by atoms with Gasteiger partial charge in [0.05, 0.1) is 11.7 Å². The van der Waals surface area contributed by atoms with Gasteiger partial charge in [0.15, 0.2) is 0 Å². The van der Waals surface area contributed by atoms with Crippen molar-refractivity contribution in [3.63, 3.8) is 0 Å². The van der Waals surface area contributed by atoms with E-state index in [0.29, 0.717) is 5.25 Å². The summed E-state index contributed by atoms with van der Waals surface area (Å²) in [6.07, 6.45) is 6.11. The van der Waals surface area contributed by atoms with Gasteiger partial charge in [0.25, 0.3) is 0 Å². The Kier molecular flexibility index (Phi) is 6.12. The first-order valence-corrected chi connectivity index (χ1v) is 8.82. The van der Waals surface area contributed by atoms with Crippen molar-refractivity contribution < 1.29 is 4.79 Å². The fraction of sp³-hybridized carbons (Fsp3) is 0.588. The first-order valence-electron chi connectivity index (χ1n) is 7.94. The summed E-state index contributed by atoms with van der Waals surface area (Å²) in [5.74, 6) is 0.114. The molecule has 4 heteroatoms. The third-order valence-corrected chi connectivity index (χ3v) is 5.72. The molecule has 1 saturated carbocycles. The third-order valence-electron chi connectivity index (χ3n) is 4.30. The number of nitrogens with one attached hydrogen (secondary N) is 1. The lowest BCUT2D eigenvalue weighted by molar-refractivity contribution is -0.118. The fourth-order valence-corrected chi connectivity index (χ4v) is 3.92. The summed E-state index contributed by atoms with van der Waals surface area (Å²) < 4.78 is 0. The van der Waals surface area contributed by atoms with Crippen LogP contribution >= 0.6 is 11.8 Å². The van der Waals surface area contributed by atoms with Crippen molar-refractivity contribution in [1.82, 2.24) is 0 Å². The predicted molar refractivity (Wildman–Crippen MR) is 90.6 cm³/mol. The monoisotopic (exact) mass is 306 g/mol. The Morgan fingerprint density at radius 3 is 2.71 bits per heavy atom. The zero-order valence-electron chi connectivity index (χ0n) is 13.0. The van der Waals surface area contributed by atoms with Crippen molar-refractivity contribution in [3.8, 4) is 0 Å². The first-order chi connectivity index (χ1) is 10.1. The molecule has 0 radical (unpaired) electrons. The Balaban J connectivity index is 2.03. The summed E-state index contributed by atoms with van der Waals surface area (Å²) in [7, 11) is 0. The Morgan fingerprint density at radius 1 is 1.38 bits per heavy atom. The molecular formula is C17H26N2OS. The van der Waals surface area contributed by atoms with Gasteiger partial charge in [-0.25, -0.2) is 0 Å². The van der Waals surface area contributed by atoms with Crippen LogP contribution < -0.4 is 11.1 Å². The average Bonchev–Trinajstić information content (AvgIpc) is 3.00. The lowest BCUT2D eigenvalue weighted by atomic mass is 9.99. The molecule has 1 unspecified atom stereocenters. The van der Waals surface area contributed by atoms with Gasteiger partial charge in [0.2, 0.25) is 5.91 Å². The second-order valence-electron chi connectivity index (χ2n) is 5.92. The lowest BCUT2D eigenvalue weighted by Gasteiger charge is -2.19. The van der Waals surface area contributed by atoms with Crippen molar-refractivity contribution in [2.45, 2.75) is 62.1 Å². The van der Waals surface area contributed by atoms with Gasteiger partial charge in [-0.1, -0.05) is 45.2 Å². The number of benzene rings is 1. The van der Waals surface area contributed by atoms with E-state index in [2.05, 4.69) is 18.3 Å². The molecule has 3 nitrogen and oxygen atoms in total. The zero-order valence-corrected chi connectivity index (χ0v) is 13.8. The molecule has 0 bridgehead atoms. The van der Waals surface area contributed by atoms with Crippen LogP contribution in [-0.4, -0.2) is 17.2 Å². The van der Waals surface area contributed by atoms with E-state index >= 15 is 0 Å². The Morgan fingerprint density at radius 2 is 2.05 bits per heavy atom. The van der Waals surface area contributed by atoms with E-state index in [4.69, 9.17) is 5.73 Å². The predicted octanol–water partition coefficient (Wildman–Crippen LogP) is 4.03. The quantitative estimate of drug-likeness (QED) is 0.834. The SMILES string of the molecule is CCC(C)[C@H](N)C(=O)Nc1ccccc1SC1CCCC1. The molecule has 3 N–H and O–H groups in total. The van der Waals surface area contributed by atoms with E-state index in [1.807, 2.05) is 36.9 Å². The number of rotatable bonds is 6. The summed E-state index contributed by atoms with van der Waals surface area (Å²) in [6.45, 7) is 4.07. The smallest absolute Gasteiger partial charge is 0.241 e. The van der Waals surface area contributed by atoms with Crippen LogP contribution in [0.5, 0.6) is 0 Å². The molecule has 2 atom stereocenters. The van der Waals surface area contributed by atoms with Gasteiger partial charge in [0.1, 0.15) is 0 Å². The van der Waals surface area contributed by atoms with Gasteiger partial charge in [0, 0.05) is 10.1 Å². The largest absolute Gasteiger partial charge is 0.324 e. The van der Waals surface area contributed by atoms with Crippen LogP contribution in [0.4, 0.5) is 5.69 Å². The molecule has 0 spiro atoms. The maximum Gasteiger partial charge on any atom is 0.241 e. The van der Waals surface area contributed by atoms with Crippen LogP contribution in [0.15, 0.2) is 29.2 Å². The van der Waals surface area contributed by atoms with Gasteiger partial charge < -0.3 is 11.1 Å². The topological polar surface area (TPSA) is 55.1 Å². The second-order valence-corrected chi connectivity index (χ2v) is 7.26. The number of nitrogens with two attached hydrogens (primary N) is 1. The summed E-state index contributed by atoms with van der Waals surface area (Å²) in [5, 5.41) is 3.70. The van der Waals surface area contributed by atoms with Crippen LogP contribution in [0.25, 0.3) is 0 Å². The first kappa shape index (κ1) is 16.4. The second kappa shape index (κ2) is 7.85. The number of carbonyl (C=O) groups excluding carboxylic acids is 1. The van der Waals surface area contributed by atoms with E-state index in [1.165, 1.54) is 25.7 Å². The molecular weight excluding hydrogens is 280 g/mol. The van der Waals surface area contributed by atoms with E-state index in [0.717, 1.165) is 17.0 Å². The maximum atomic E-state index is 12.3.